The van der Waals surface area contributed by atoms with Crippen molar-refractivity contribution < 1.29 is 14.3 Å². The fourth-order valence-corrected chi connectivity index (χ4v) is 2.63. The summed E-state index contributed by atoms with van der Waals surface area (Å²) in [6, 6.07) is 13.1. The Balaban J connectivity index is 1.98. The Bertz CT molecular complexity index is 911. The maximum Gasteiger partial charge on any atom is 0.241 e. The quantitative estimate of drug-likeness (QED) is 0.744. The number of nitrogens with one attached hydrogen (secondary N) is 2. The lowest BCUT2D eigenvalue weighted by Gasteiger charge is -2.23. The number of likely N-dealkylation sites (N-methyl/N-ethyl adjacent to an activating group) is 1. The molecular formula is C20H21ClN4O3. The highest BCUT2D eigenvalue weighted by Gasteiger charge is 2.21. The van der Waals surface area contributed by atoms with E-state index in [9.17, 15) is 9.59 Å². The van der Waals surface area contributed by atoms with E-state index in [0.717, 1.165) is 0 Å². The second-order valence-electron chi connectivity index (χ2n) is 6.13. The lowest BCUT2D eigenvalue weighted by atomic mass is 10.2. The minimum atomic E-state index is -0.598. The van der Waals surface area contributed by atoms with Gasteiger partial charge in [-0.25, -0.2) is 0 Å². The number of nitriles is 1. The van der Waals surface area contributed by atoms with Crippen LogP contribution in [0.2, 0.25) is 5.02 Å². The first-order valence-corrected chi connectivity index (χ1v) is 8.87. The number of benzene rings is 2. The number of carbonyl (C=O) groups excluding carboxylic acids is 2. The maximum atomic E-state index is 12.5. The van der Waals surface area contributed by atoms with Gasteiger partial charge < -0.3 is 15.4 Å². The number of nitrogens with zero attached hydrogens (tertiary/aromatic N) is 2. The number of methoxy groups -OCH3 is 1. The molecule has 2 amide bonds. The third-order valence-corrected chi connectivity index (χ3v) is 4.41. The Morgan fingerprint density at radius 2 is 1.93 bits per heavy atom. The van der Waals surface area contributed by atoms with Crippen LogP contribution in [-0.4, -0.2) is 43.5 Å². The van der Waals surface area contributed by atoms with Gasteiger partial charge in [-0.3, -0.25) is 14.5 Å². The molecule has 0 fully saturated rings. The zero-order valence-corrected chi connectivity index (χ0v) is 16.6. The highest BCUT2D eigenvalue weighted by atomic mass is 35.5. The van der Waals surface area contributed by atoms with E-state index in [4.69, 9.17) is 21.6 Å². The molecule has 0 spiro atoms. The Hall–Kier alpha value is -3.08. The van der Waals surface area contributed by atoms with Crippen LogP contribution in [0.3, 0.4) is 0 Å². The number of anilines is 2. The summed E-state index contributed by atoms with van der Waals surface area (Å²) in [5.41, 5.74) is 1.26. The van der Waals surface area contributed by atoms with Crippen LogP contribution in [0.4, 0.5) is 11.4 Å². The van der Waals surface area contributed by atoms with Gasteiger partial charge >= 0.3 is 0 Å². The smallest absolute Gasteiger partial charge is 0.241 e. The number of halogens is 1. The van der Waals surface area contributed by atoms with Crippen molar-refractivity contribution in [1.29, 1.82) is 5.26 Å². The van der Waals surface area contributed by atoms with Crippen LogP contribution in [0.15, 0.2) is 42.5 Å². The topological polar surface area (TPSA) is 94.5 Å². The van der Waals surface area contributed by atoms with Crippen LogP contribution in [0.25, 0.3) is 0 Å². The van der Waals surface area contributed by atoms with Gasteiger partial charge in [0.15, 0.2) is 0 Å². The summed E-state index contributed by atoms with van der Waals surface area (Å²) >= 11 is 5.96. The fraction of sp³-hybridized carbons (Fsp3) is 0.250. The van der Waals surface area contributed by atoms with Gasteiger partial charge in [0.25, 0.3) is 0 Å². The molecule has 0 saturated carbocycles. The van der Waals surface area contributed by atoms with Crippen molar-refractivity contribution in [3.05, 3.63) is 53.1 Å². The molecule has 2 N–H and O–H groups in total. The molecule has 0 aliphatic heterocycles. The van der Waals surface area contributed by atoms with E-state index < -0.39 is 6.04 Å². The first-order valence-electron chi connectivity index (χ1n) is 8.49. The van der Waals surface area contributed by atoms with Gasteiger partial charge in [0.2, 0.25) is 11.8 Å². The lowest BCUT2D eigenvalue weighted by molar-refractivity contribution is -0.122. The van der Waals surface area contributed by atoms with Crippen molar-refractivity contribution in [3.8, 4) is 11.8 Å². The molecule has 0 heterocycles. The predicted molar refractivity (Wildman–Crippen MR) is 109 cm³/mol. The number of ether oxygens (including phenoxy) is 1. The van der Waals surface area contributed by atoms with E-state index in [2.05, 4.69) is 10.6 Å². The summed E-state index contributed by atoms with van der Waals surface area (Å²) in [4.78, 5) is 26.4. The highest BCUT2D eigenvalue weighted by molar-refractivity contribution is 6.31. The molecule has 146 valence electrons. The highest BCUT2D eigenvalue weighted by Crippen LogP contribution is 2.27. The van der Waals surface area contributed by atoms with Crippen molar-refractivity contribution in [3.63, 3.8) is 0 Å². The SMILES string of the molecule is COc1ccc(Cl)cc1NC(=O)CN(C)[C@H](C)C(=O)Nc1ccccc1C#N. The van der Waals surface area contributed by atoms with Crippen LogP contribution >= 0.6 is 11.6 Å². The normalized spacial score (nSPS) is 11.4. The summed E-state index contributed by atoms with van der Waals surface area (Å²) in [6.07, 6.45) is 0. The van der Waals surface area contributed by atoms with Gasteiger partial charge in [-0.1, -0.05) is 23.7 Å². The Morgan fingerprint density at radius 3 is 2.61 bits per heavy atom. The summed E-state index contributed by atoms with van der Waals surface area (Å²) in [6.45, 7) is 1.65. The molecule has 0 aliphatic rings. The van der Waals surface area contributed by atoms with E-state index in [1.807, 2.05) is 6.07 Å². The standard InChI is InChI=1S/C20H21ClN4O3/c1-13(20(27)24-16-7-5-4-6-14(16)11-22)25(2)12-19(26)23-17-10-15(21)8-9-18(17)28-3/h4-10,13H,12H2,1-3H3,(H,23,26)(H,24,27)/t13-/m1/s1. The molecule has 0 radical (unpaired) electrons. The number of para-hydroxylation sites is 1. The number of rotatable bonds is 7. The molecule has 0 aliphatic carbocycles. The van der Waals surface area contributed by atoms with E-state index in [1.165, 1.54) is 7.11 Å². The second kappa shape index (κ2) is 9.74. The molecule has 1 atom stereocenters. The molecular weight excluding hydrogens is 380 g/mol. The van der Waals surface area contributed by atoms with Crippen LogP contribution < -0.4 is 15.4 Å². The van der Waals surface area contributed by atoms with Crippen LogP contribution in [-0.2, 0) is 9.59 Å². The van der Waals surface area contributed by atoms with Gasteiger partial charge in [-0.05, 0) is 44.3 Å². The van der Waals surface area contributed by atoms with Crippen LogP contribution in [0.1, 0.15) is 12.5 Å². The molecule has 7 nitrogen and oxygen atoms in total. The van der Waals surface area contributed by atoms with E-state index in [-0.39, 0.29) is 18.4 Å². The van der Waals surface area contributed by atoms with Crippen LogP contribution in [0, 0.1) is 11.3 Å². The number of hydrogen-bond donors (Lipinski definition) is 2. The second-order valence-corrected chi connectivity index (χ2v) is 6.57. The summed E-state index contributed by atoms with van der Waals surface area (Å²) < 4.78 is 5.20. The summed E-state index contributed by atoms with van der Waals surface area (Å²) in [5, 5.41) is 15.0. The van der Waals surface area contributed by atoms with Gasteiger partial charge in [-0.15, -0.1) is 0 Å². The minimum absolute atomic E-state index is 0.0237. The Kier molecular flexibility index (Phi) is 7.38. The zero-order chi connectivity index (χ0) is 20.7. The van der Waals surface area contributed by atoms with Crippen molar-refractivity contribution in [2.75, 3.05) is 31.3 Å². The number of amides is 2. The third kappa shape index (κ3) is 5.46. The van der Waals surface area contributed by atoms with Crippen molar-refractivity contribution in [2.45, 2.75) is 13.0 Å². The molecule has 8 heteroatoms. The predicted octanol–water partition coefficient (Wildman–Crippen LogP) is 3.12. The van der Waals surface area contributed by atoms with Gasteiger partial charge in [0.1, 0.15) is 11.8 Å². The average molecular weight is 401 g/mol. The molecule has 28 heavy (non-hydrogen) atoms. The molecule has 2 aromatic rings. The van der Waals surface area contributed by atoms with Crippen molar-refractivity contribution in [1.82, 2.24) is 4.90 Å². The zero-order valence-electron chi connectivity index (χ0n) is 15.8. The van der Waals surface area contributed by atoms with Crippen molar-refractivity contribution in [2.24, 2.45) is 0 Å². The summed E-state index contributed by atoms with van der Waals surface area (Å²) in [7, 11) is 3.16. The molecule has 0 bridgehead atoms. The Labute approximate surface area is 168 Å². The van der Waals surface area contributed by atoms with Crippen LogP contribution in [0.5, 0.6) is 5.75 Å². The van der Waals surface area contributed by atoms with E-state index >= 15 is 0 Å². The first-order chi connectivity index (χ1) is 13.3. The van der Waals surface area contributed by atoms with Gasteiger partial charge in [0.05, 0.1) is 36.6 Å². The average Bonchev–Trinajstić information content (AvgIpc) is 2.67. The number of hydrogen-bond acceptors (Lipinski definition) is 5. The van der Waals surface area contributed by atoms with E-state index in [1.54, 1.807) is 61.3 Å². The van der Waals surface area contributed by atoms with Gasteiger partial charge in [0, 0.05) is 5.02 Å². The molecule has 0 aromatic heterocycles. The lowest BCUT2D eigenvalue weighted by Crippen LogP contribution is -2.43. The summed E-state index contributed by atoms with van der Waals surface area (Å²) in [5.74, 6) is -0.155. The number of carbonyl (C=O) groups is 2. The first kappa shape index (κ1) is 21.2. The van der Waals surface area contributed by atoms with Gasteiger partial charge in [-0.2, -0.15) is 5.26 Å². The fourth-order valence-electron chi connectivity index (χ4n) is 2.46. The largest absolute Gasteiger partial charge is 0.495 e. The van der Waals surface area contributed by atoms with Crippen molar-refractivity contribution >= 4 is 34.8 Å². The minimum Gasteiger partial charge on any atom is -0.495 e. The maximum absolute atomic E-state index is 12.5. The molecule has 2 aromatic carbocycles. The molecule has 0 unspecified atom stereocenters. The third-order valence-electron chi connectivity index (χ3n) is 4.17. The Morgan fingerprint density at radius 1 is 1.21 bits per heavy atom. The molecule has 2 rings (SSSR count). The molecule has 0 saturated heterocycles. The monoisotopic (exact) mass is 400 g/mol. The van der Waals surface area contributed by atoms with E-state index in [0.29, 0.717) is 27.7 Å².